The fourth-order valence-electron chi connectivity index (χ4n) is 1.70. The molecule has 0 bridgehead atoms. The third-order valence-electron chi connectivity index (χ3n) is 2.80. The van der Waals surface area contributed by atoms with Crippen LogP contribution in [0.5, 0.6) is 0 Å². The number of aromatic nitrogens is 2. The summed E-state index contributed by atoms with van der Waals surface area (Å²) in [5.74, 6) is 1.85. The van der Waals surface area contributed by atoms with Crippen LogP contribution in [0.2, 0.25) is 10.0 Å². The van der Waals surface area contributed by atoms with Crippen molar-refractivity contribution in [3.8, 4) is 0 Å². The second-order valence-electron chi connectivity index (χ2n) is 4.44. The van der Waals surface area contributed by atoms with Gasteiger partial charge in [-0.2, -0.15) is 0 Å². The molecular weight excluding hydrogens is 301 g/mol. The molecule has 3 nitrogen and oxygen atoms in total. The van der Waals surface area contributed by atoms with Crippen LogP contribution in [-0.4, -0.2) is 9.97 Å². The number of halogens is 2. The van der Waals surface area contributed by atoms with Gasteiger partial charge in [0.2, 0.25) is 0 Å². The number of hydrogen-bond donors (Lipinski definition) is 1. The van der Waals surface area contributed by atoms with Crippen molar-refractivity contribution in [1.29, 1.82) is 0 Å². The van der Waals surface area contributed by atoms with Gasteiger partial charge in [-0.1, -0.05) is 35.0 Å². The minimum atomic E-state index is 0.483. The lowest BCUT2D eigenvalue weighted by atomic mass is 10.4. The third kappa shape index (κ3) is 3.14. The Morgan fingerprint density at radius 3 is 2.58 bits per heavy atom. The Hall–Kier alpha value is -0.970. The van der Waals surface area contributed by atoms with E-state index in [1.807, 2.05) is 12.1 Å². The number of nitrogens with zero attached hydrogens (tertiary/aromatic N) is 2. The van der Waals surface area contributed by atoms with Crippen LogP contribution in [0, 0.1) is 0 Å². The van der Waals surface area contributed by atoms with Crippen LogP contribution in [0.3, 0.4) is 0 Å². The Balaban J connectivity index is 1.87. The normalized spacial score (nSPS) is 14.6. The number of benzene rings is 1. The quantitative estimate of drug-likeness (QED) is 0.854. The van der Waals surface area contributed by atoms with Crippen LogP contribution in [0.25, 0.3) is 0 Å². The van der Waals surface area contributed by atoms with E-state index in [1.54, 1.807) is 12.1 Å². The van der Waals surface area contributed by atoms with Gasteiger partial charge in [0, 0.05) is 16.9 Å². The molecule has 1 aromatic heterocycles. The second kappa shape index (κ2) is 5.19. The van der Waals surface area contributed by atoms with Gasteiger partial charge in [-0.25, -0.2) is 9.97 Å². The van der Waals surface area contributed by atoms with E-state index in [2.05, 4.69) is 9.97 Å². The minimum absolute atomic E-state index is 0.483. The zero-order valence-electron chi connectivity index (χ0n) is 9.94. The molecule has 1 aliphatic carbocycles. The average molecular weight is 312 g/mol. The van der Waals surface area contributed by atoms with Crippen molar-refractivity contribution >= 4 is 40.8 Å². The fraction of sp³-hybridized carbons (Fsp3) is 0.231. The Morgan fingerprint density at radius 1 is 1.11 bits per heavy atom. The van der Waals surface area contributed by atoms with Crippen molar-refractivity contribution in [1.82, 2.24) is 9.97 Å². The lowest BCUT2D eigenvalue weighted by Gasteiger charge is -2.05. The highest BCUT2D eigenvalue weighted by molar-refractivity contribution is 7.99. The number of rotatable bonds is 3. The molecule has 1 fully saturated rings. The summed E-state index contributed by atoms with van der Waals surface area (Å²) in [5, 5.41) is 1.93. The molecule has 0 spiro atoms. The van der Waals surface area contributed by atoms with Gasteiger partial charge in [-0.15, -0.1) is 0 Å². The first kappa shape index (κ1) is 13.0. The largest absolute Gasteiger partial charge is 0.384 e. The van der Waals surface area contributed by atoms with Gasteiger partial charge in [-0.3, -0.25) is 0 Å². The van der Waals surface area contributed by atoms with E-state index in [9.17, 15) is 0 Å². The molecule has 0 saturated heterocycles. The molecule has 6 heteroatoms. The van der Waals surface area contributed by atoms with Crippen LogP contribution in [0.1, 0.15) is 24.6 Å². The molecule has 2 N–H and O–H groups in total. The Labute approximate surface area is 125 Å². The maximum atomic E-state index is 6.00. The smallest absolute Gasteiger partial charge is 0.135 e. The molecular formula is C13H11Cl2N3S. The second-order valence-corrected chi connectivity index (χ2v) is 6.35. The number of hydrogen-bond acceptors (Lipinski definition) is 4. The Bertz CT molecular complexity index is 629. The first-order valence-electron chi connectivity index (χ1n) is 5.89. The van der Waals surface area contributed by atoms with Crippen LogP contribution in [0.4, 0.5) is 5.82 Å². The highest BCUT2D eigenvalue weighted by Crippen LogP contribution is 2.39. The lowest BCUT2D eigenvalue weighted by molar-refractivity contribution is 0.884. The van der Waals surface area contributed by atoms with Gasteiger partial charge in [0.25, 0.3) is 0 Å². The van der Waals surface area contributed by atoms with Gasteiger partial charge in [-0.05, 0) is 31.0 Å². The number of nitrogen functional groups attached to an aromatic ring is 1. The van der Waals surface area contributed by atoms with Gasteiger partial charge < -0.3 is 5.73 Å². The van der Waals surface area contributed by atoms with Gasteiger partial charge in [0.1, 0.15) is 16.7 Å². The predicted molar refractivity (Wildman–Crippen MR) is 79.0 cm³/mol. The summed E-state index contributed by atoms with van der Waals surface area (Å²) >= 11 is 13.4. The van der Waals surface area contributed by atoms with Crippen LogP contribution in [-0.2, 0) is 0 Å². The molecule has 0 aliphatic heterocycles. The van der Waals surface area contributed by atoms with Crippen LogP contribution in [0.15, 0.2) is 34.2 Å². The summed E-state index contributed by atoms with van der Waals surface area (Å²) in [7, 11) is 0. The molecule has 1 aromatic carbocycles. The molecule has 0 radical (unpaired) electrons. The maximum absolute atomic E-state index is 6.00. The third-order valence-corrected chi connectivity index (χ3v) is 4.44. The van der Waals surface area contributed by atoms with E-state index >= 15 is 0 Å². The number of nitrogens with two attached hydrogens (primary N) is 1. The molecule has 98 valence electrons. The summed E-state index contributed by atoms with van der Waals surface area (Å²) in [6.07, 6.45) is 2.31. The minimum Gasteiger partial charge on any atom is -0.384 e. The molecule has 1 aliphatic rings. The van der Waals surface area contributed by atoms with E-state index in [-0.39, 0.29) is 0 Å². The van der Waals surface area contributed by atoms with E-state index in [0.717, 1.165) is 28.6 Å². The van der Waals surface area contributed by atoms with Crippen LogP contribution < -0.4 is 5.73 Å². The van der Waals surface area contributed by atoms with Crippen molar-refractivity contribution in [3.05, 3.63) is 40.1 Å². The summed E-state index contributed by atoms with van der Waals surface area (Å²) in [6.45, 7) is 0. The van der Waals surface area contributed by atoms with Crippen molar-refractivity contribution < 1.29 is 0 Å². The molecule has 19 heavy (non-hydrogen) atoms. The summed E-state index contributed by atoms with van der Waals surface area (Å²) in [5.41, 5.74) is 5.82. The van der Waals surface area contributed by atoms with Gasteiger partial charge in [0.05, 0.1) is 10.0 Å². The average Bonchev–Trinajstić information content (AvgIpc) is 3.17. The van der Waals surface area contributed by atoms with Crippen molar-refractivity contribution in [2.24, 2.45) is 0 Å². The fourth-order valence-corrected chi connectivity index (χ4v) is 2.93. The highest BCUT2D eigenvalue weighted by Gasteiger charge is 2.27. The predicted octanol–water partition coefficient (Wildman–Crippen LogP) is 4.39. The van der Waals surface area contributed by atoms with E-state index < -0.39 is 0 Å². The highest BCUT2D eigenvalue weighted by atomic mass is 35.5. The zero-order valence-corrected chi connectivity index (χ0v) is 12.3. The van der Waals surface area contributed by atoms with E-state index in [4.69, 9.17) is 28.9 Å². The summed E-state index contributed by atoms with van der Waals surface area (Å²) in [4.78, 5) is 9.79. The first-order valence-corrected chi connectivity index (χ1v) is 7.46. The van der Waals surface area contributed by atoms with Crippen molar-refractivity contribution in [3.63, 3.8) is 0 Å². The SMILES string of the molecule is Nc1cc(Sc2ccc(Cl)c(Cl)c2)nc(C2CC2)n1. The van der Waals surface area contributed by atoms with Gasteiger partial charge in [0.15, 0.2) is 0 Å². The van der Waals surface area contributed by atoms with Gasteiger partial charge >= 0.3 is 0 Å². The first-order chi connectivity index (χ1) is 9.11. The van der Waals surface area contributed by atoms with E-state index in [0.29, 0.717) is 21.8 Å². The number of anilines is 1. The molecule has 0 unspecified atom stereocenters. The summed E-state index contributed by atoms with van der Waals surface area (Å²) < 4.78 is 0. The molecule has 0 atom stereocenters. The molecule has 1 saturated carbocycles. The van der Waals surface area contributed by atoms with Crippen molar-refractivity contribution in [2.45, 2.75) is 28.7 Å². The van der Waals surface area contributed by atoms with Crippen molar-refractivity contribution in [2.75, 3.05) is 5.73 Å². The maximum Gasteiger partial charge on any atom is 0.135 e. The lowest BCUT2D eigenvalue weighted by Crippen LogP contribution is -1.99. The topological polar surface area (TPSA) is 51.8 Å². The molecule has 3 rings (SSSR count). The molecule has 2 aromatic rings. The molecule has 1 heterocycles. The van der Waals surface area contributed by atoms with E-state index in [1.165, 1.54) is 11.8 Å². The van der Waals surface area contributed by atoms with Crippen LogP contribution >= 0.6 is 35.0 Å². The summed E-state index contributed by atoms with van der Waals surface area (Å²) in [6, 6.07) is 7.29. The Kier molecular flexibility index (Phi) is 3.56. The monoisotopic (exact) mass is 311 g/mol. The molecule has 0 amide bonds. The Morgan fingerprint density at radius 2 is 1.89 bits per heavy atom. The zero-order chi connectivity index (χ0) is 13.4. The standard InChI is InChI=1S/C13H11Cl2N3S/c14-9-4-3-8(5-10(9)15)19-12-6-11(16)17-13(18-12)7-1-2-7/h3-7H,1-2H2,(H2,16,17,18).